The highest BCUT2D eigenvalue weighted by Crippen LogP contribution is 2.29. The predicted octanol–water partition coefficient (Wildman–Crippen LogP) is 2.19. The van der Waals surface area contributed by atoms with Crippen LogP contribution in [0.25, 0.3) is 0 Å². The second kappa shape index (κ2) is 4.82. The molecular weight excluding hydrogens is 236 g/mol. The summed E-state index contributed by atoms with van der Waals surface area (Å²) in [5.41, 5.74) is 5.86. The number of anilines is 1. The molecule has 0 aromatic heterocycles. The van der Waals surface area contributed by atoms with Crippen LogP contribution in [0.4, 0.5) is 5.69 Å². The second-order valence-electron chi connectivity index (χ2n) is 5.52. The first-order valence-corrected chi connectivity index (χ1v) is 6.97. The Morgan fingerprint density at radius 1 is 1.32 bits per heavy atom. The van der Waals surface area contributed by atoms with Gasteiger partial charge in [-0.1, -0.05) is 17.7 Å². The highest BCUT2D eigenvalue weighted by atomic mass is 16.2. The van der Waals surface area contributed by atoms with Crippen LogP contribution in [-0.2, 0) is 11.2 Å². The maximum absolute atomic E-state index is 12.6. The first-order chi connectivity index (χ1) is 9.16. The summed E-state index contributed by atoms with van der Waals surface area (Å²) in [7, 11) is 0. The van der Waals surface area contributed by atoms with Crippen molar-refractivity contribution in [3.05, 3.63) is 40.5 Å². The van der Waals surface area contributed by atoms with Gasteiger partial charge in [0.2, 0.25) is 0 Å². The van der Waals surface area contributed by atoms with Gasteiger partial charge in [0, 0.05) is 30.9 Å². The van der Waals surface area contributed by atoms with Crippen molar-refractivity contribution in [2.75, 3.05) is 24.5 Å². The average Bonchev–Trinajstić information content (AvgIpc) is 2.34. The minimum absolute atomic E-state index is 0.182. The zero-order chi connectivity index (χ0) is 13.4. The molecule has 0 spiro atoms. The monoisotopic (exact) mass is 256 g/mol. The molecule has 1 fully saturated rings. The van der Waals surface area contributed by atoms with Gasteiger partial charge in [0.05, 0.1) is 0 Å². The Kier molecular flexibility index (Phi) is 3.15. The van der Waals surface area contributed by atoms with Crippen LogP contribution in [0.5, 0.6) is 0 Å². The molecule has 2 heterocycles. The number of carbonyl (C=O) groups excluding carboxylic acids is 1. The summed E-state index contributed by atoms with van der Waals surface area (Å²) in [5, 5.41) is 3.20. The predicted molar refractivity (Wildman–Crippen MR) is 77.4 cm³/mol. The molecule has 0 saturated carbocycles. The first-order valence-electron chi connectivity index (χ1n) is 6.97. The van der Waals surface area contributed by atoms with Crippen LogP contribution in [0.3, 0.4) is 0 Å². The highest BCUT2D eigenvalue weighted by Gasteiger charge is 2.25. The molecule has 0 unspecified atom stereocenters. The number of aryl methyl sites for hydroxylation is 2. The molecule has 2 aliphatic heterocycles. The Bertz CT molecular complexity index is 554. The van der Waals surface area contributed by atoms with Crippen molar-refractivity contribution in [1.82, 2.24) is 5.32 Å². The molecule has 1 amide bonds. The fourth-order valence-corrected chi connectivity index (χ4v) is 2.81. The van der Waals surface area contributed by atoms with E-state index in [1.807, 2.05) is 11.8 Å². The molecule has 1 aromatic rings. The molecule has 1 N–H and O–H groups in total. The van der Waals surface area contributed by atoms with Crippen molar-refractivity contribution in [2.24, 2.45) is 0 Å². The van der Waals surface area contributed by atoms with Gasteiger partial charge in [0.15, 0.2) is 0 Å². The Hall–Kier alpha value is -1.61. The topological polar surface area (TPSA) is 32.3 Å². The van der Waals surface area contributed by atoms with Gasteiger partial charge in [-0.2, -0.15) is 0 Å². The smallest absolute Gasteiger partial charge is 0.253 e. The van der Waals surface area contributed by atoms with Gasteiger partial charge >= 0.3 is 0 Å². The van der Waals surface area contributed by atoms with E-state index in [0.717, 1.165) is 43.7 Å². The van der Waals surface area contributed by atoms with E-state index in [2.05, 4.69) is 30.4 Å². The molecule has 3 heteroatoms. The molecule has 3 rings (SSSR count). The lowest BCUT2D eigenvalue weighted by atomic mass is 9.97. The van der Waals surface area contributed by atoms with Crippen molar-refractivity contribution < 1.29 is 4.79 Å². The second-order valence-corrected chi connectivity index (χ2v) is 5.52. The van der Waals surface area contributed by atoms with Crippen molar-refractivity contribution >= 4 is 11.6 Å². The summed E-state index contributed by atoms with van der Waals surface area (Å²) < 4.78 is 0. The summed E-state index contributed by atoms with van der Waals surface area (Å²) in [6, 6.07) is 6.40. The normalized spacial score (nSPS) is 17.8. The van der Waals surface area contributed by atoms with E-state index in [9.17, 15) is 4.79 Å². The molecule has 0 radical (unpaired) electrons. The molecule has 1 aromatic carbocycles. The average molecular weight is 256 g/mol. The van der Waals surface area contributed by atoms with E-state index in [0.29, 0.717) is 0 Å². The molecule has 2 aliphatic rings. The standard InChI is InChI=1S/C16H20N2O/c1-11-5-6-15-13(8-11)4-3-7-18(15)16(19)12(2)14-9-17-10-14/h5-6,8,17H,3-4,7,9-10H2,1-2H3. The molecule has 0 bridgehead atoms. The maximum atomic E-state index is 12.6. The third-order valence-electron chi connectivity index (χ3n) is 4.13. The molecule has 1 saturated heterocycles. The Labute approximate surface area is 114 Å². The molecule has 0 aliphatic carbocycles. The van der Waals surface area contributed by atoms with Crippen molar-refractivity contribution in [2.45, 2.75) is 26.7 Å². The summed E-state index contributed by atoms with van der Waals surface area (Å²) in [6.07, 6.45) is 2.14. The summed E-state index contributed by atoms with van der Waals surface area (Å²) in [6.45, 7) is 6.64. The van der Waals surface area contributed by atoms with Crippen LogP contribution in [0.15, 0.2) is 29.3 Å². The number of fused-ring (bicyclic) bond motifs is 1. The van der Waals surface area contributed by atoms with E-state index in [1.54, 1.807) is 0 Å². The molecule has 100 valence electrons. The Balaban J connectivity index is 1.93. The number of hydrogen-bond donors (Lipinski definition) is 1. The number of hydrogen-bond acceptors (Lipinski definition) is 2. The number of nitrogens with zero attached hydrogens (tertiary/aromatic N) is 1. The van der Waals surface area contributed by atoms with Crippen LogP contribution in [0.1, 0.15) is 24.5 Å². The summed E-state index contributed by atoms with van der Waals surface area (Å²) in [4.78, 5) is 14.6. The van der Waals surface area contributed by atoms with Gasteiger partial charge in [-0.15, -0.1) is 0 Å². The Morgan fingerprint density at radius 2 is 2.11 bits per heavy atom. The van der Waals surface area contributed by atoms with Crippen molar-refractivity contribution in [1.29, 1.82) is 0 Å². The van der Waals surface area contributed by atoms with Crippen LogP contribution in [0.2, 0.25) is 0 Å². The number of carbonyl (C=O) groups is 1. The molecule has 3 nitrogen and oxygen atoms in total. The lowest BCUT2D eigenvalue weighted by molar-refractivity contribution is -0.115. The van der Waals surface area contributed by atoms with Crippen molar-refractivity contribution in [3.8, 4) is 0 Å². The summed E-state index contributed by atoms with van der Waals surface area (Å²) >= 11 is 0. The van der Waals surface area contributed by atoms with Gasteiger partial charge in [0.25, 0.3) is 5.91 Å². The van der Waals surface area contributed by atoms with Gasteiger partial charge in [-0.05, 0) is 43.9 Å². The lowest BCUT2D eigenvalue weighted by Crippen LogP contribution is -2.40. The molecule has 0 atom stereocenters. The van der Waals surface area contributed by atoms with Crippen LogP contribution in [-0.4, -0.2) is 25.5 Å². The van der Waals surface area contributed by atoms with Crippen molar-refractivity contribution in [3.63, 3.8) is 0 Å². The zero-order valence-corrected chi connectivity index (χ0v) is 11.6. The van der Waals surface area contributed by atoms with Crippen LogP contribution < -0.4 is 10.2 Å². The largest absolute Gasteiger partial charge is 0.309 e. The maximum Gasteiger partial charge on any atom is 0.253 e. The van der Waals surface area contributed by atoms with E-state index in [1.165, 1.54) is 16.7 Å². The van der Waals surface area contributed by atoms with Gasteiger partial charge in [0.1, 0.15) is 0 Å². The zero-order valence-electron chi connectivity index (χ0n) is 11.6. The van der Waals surface area contributed by atoms with E-state index >= 15 is 0 Å². The van der Waals surface area contributed by atoms with Gasteiger partial charge in [-0.25, -0.2) is 0 Å². The molecular formula is C16H20N2O. The van der Waals surface area contributed by atoms with Crippen LogP contribution in [0, 0.1) is 6.92 Å². The Morgan fingerprint density at radius 3 is 2.79 bits per heavy atom. The minimum atomic E-state index is 0.182. The van der Waals surface area contributed by atoms with Gasteiger partial charge in [-0.3, -0.25) is 4.79 Å². The van der Waals surface area contributed by atoms with Gasteiger partial charge < -0.3 is 10.2 Å². The van der Waals surface area contributed by atoms with E-state index < -0.39 is 0 Å². The third-order valence-corrected chi connectivity index (χ3v) is 4.13. The first kappa shape index (κ1) is 12.4. The third kappa shape index (κ3) is 2.19. The summed E-state index contributed by atoms with van der Waals surface area (Å²) in [5.74, 6) is 0.182. The lowest BCUT2D eigenvalue weighted by Gasteiger charge is -2.31. The van der Waals surface area contributed by atoms with Crippen LogP contribution >= 0.6 is 0 Å². The number of nitrogens with one attached hydrogen (secondary N) is 1. The fourth-order valence-electron chi connectivity index (χ4n) is 2.81. The number of benzene rings is 1. The molecule has 19 heavy (non-hydrogen) atoms. The fraction of sp³-hybridized carbons (Fsp3) is 0.438. The SMILES string of the molecule is CC(C(=O)N1CCCc2cc(C)ccc21)=C1CNC1. The van der Waals surface area contributed by atoms with E-state index in [4.69, 9.17) is 0 Å². The van der Waals surface area contributed by atoms with E-state index in [-0.39, 0.29) is 5.91 Å². The minimum Gasteiger partial charge on any atom is -0.309 e. The number of amides is 1. The highest BCUT2D eigenvalue weighted by molar-refractivity contribution is 6.06. The number of rotatable bonds is 1. The quantitative estimate of drug-likeness (QED) is 0.781.